The van der Waals surface area contributed by atoms with Gasteiger partial charge in [0.25, 0.3) is 0 Å². The van der Waals surface area contributed by atoms with E-state index in [1.54, 1.807) is 0 Å². The van der Waals surface area contributed by atoms with E-state index in [0.717, 1.165) is 61.1 Å². The summed E-state index contributed by atoms with van der Waals surface area (Å²) < 4.78 is 11.2. The Morgan fingerprint density at radius 1 is 1.24 bits per heavy atom. The van der Waals surface area contributed by atoms with Crippen LogP contribution in [-0.4, -0.2) is 33.1 Å². The first kappa shape index (κ1) is 16.3. The summed E-state index contributed by atoms with van der Waals surface area (Å²) >= 11 is 0. The van der Waals surface area contributed by atoms with E-state index in [4.69, 9.17) is 8.94 Å². The minimum absolute atomic E-state index is 0.273. The molecule has 0 bridgehead atoms. The molecule has 1 atom stereocenters. The van der Waals surface area contributed by atoms with E-state index in [9.17, 15) is 0 Å². The summed E-state index contributed by atoms with van der Waals surface area (Å²) in [5, 5.41) is 4.21. The number of likely N-dealkylation sites (tertiary alicyclic amines) is 1. The average Bonchev–Trinajstić information content (AvgIpc) is 3.33. The smallest absolute Gasteiger partial charge is 0.229 e. The average molecular weight is 340 g/mol. The van der Waals surface area contributed by atoms with E-state index in [0.29, 0.717) is 0 Å². The molecule has 0 N–H and O–H groups in total. The SMILES string of the molecule is CC(C)c1nc([C@H]2CCCN2CCCc2nc3ccccc3o2)no1. The number of para-hydroxylation sites is 2. The van der Waals surface area contributed by atoms with Crippen molar-refractivity contribution in [3.63, 3.8) is 0 Å². The molecule has 6 nitrogen and oxygen atoms in total. The molecule has 1 aromatic carbocycles. The zero-order valence-electron chi connectivity index (χ0n) is 14.8. The molecule has 1 saturated heterocycles. The van der Waals surface area contributed by atoms with Crippen LogP contribution in [0.2, 0.25) is 0 Å². The molecule has 0 aliphatic carbocycles. The molecular formula is C19H24N4O2. The highest BCUT2D eigenvalue weighted by atomic mass is 16.5. The second kappa shape index (κ2) is 6.96. The molecule has 3 heterocycles. The Labute approximate surface area is 147 Å². The van der Waals surface area contributed by atoms with Crippen molar-refractivity contribution in [3.05, 3.63) is 41.9 Å². The lowest BCUT2D eigenvalue weighted by Crippen LogP contribution is -2.25. The molecule has 1 aliphatic rings. The van der Waals surface area contributed by atoms with E-state index < -0.39 is 0 Å². The zero-order chi connectivity index (χ0) is 17.2. The molecular weight excluding hydrogens is 316 g/mol. The molecule has 132 valence electrons. The second-order valence-electron chi connectivity index (χ2n) is 7.02. The van der Waals surface area contributed by atoms with Crippen LogP contribution in [0.25, 0.3) is 11.1 Å². The minimum Gasteiger partial charge on any atom is -0.441 e. The monoisotopic (exact) mass is 340 g/mol. The second-order valence-corrected chi connectivity index (χ2v) is 7.02. The van der Waals surface area contributed by atoms with Gasteiger partial charge in [-0.25, -0.2) is 4.98 Å². The Balaban J connectivity index is 1.36. The molecule has 0 amide bonds. The first-order valence-electron chi connectivity index (χ1n) is 9.12. The van der Waals surface area contributed by atoms with Gasteiger partial charge in [0.1, 0.15) is 5.52 Å². The maximum absolute atomic E-state index is 5.80. The van der Waals surface area contributed by atoms with E-state index in [1.165, 1.54) is 6.42 Å². The number of benzene rings is 1. The fourth-order valence-electron chi connectivity index (χ4n) is 3.46. The number of fused-ring (bicyclic) bond motifs is 1. The summed E-state index contributed by atoms with van der Waals surface area (Å²) in [6, 6.07) is 8.19. The molecule has 3 aromatic rings. The first-order chi connectivity index (χ1) is 12.2. The number of aryl methyl sites for hydroxylation is 1. The van der Waals surface area contributed by atoms with Gasteiger partial charge in [0.05, 0.1) is 6.04 Å². The number of rotatable bonds is 6. The molecule has 2 aromatic heterocycles. The molecule has 0 spiro atoms. The molecule has 0 saturated carbocycles. The molecule has 1 fully saturated rings. The summed E-state index contributed by atoms with van der Waals surface area (Å²) in [6.45, 7) is 6.23. The quantitative estimate of drug-likeness (QED) is 0.673. The summed E-state index contributed by atoms with van der Waals surface area (Å²) in [7, 11) is 0. The summed E-state index contributed by atoms with van der Waals surface area (Å²) in [5.74, 6) is 2.66. The number of hydrogen-bond acceptors (Lipinski definition) is 6. The maximum Gasteiger partial charge on any atom is 0.229 e. The van der Waals surface area contributed by atoms with Gasteiger partial charge in [-0.2, -0.15) is 4.98 Å². The van der Waals surface area contributed by atoms with Crippen LogP contribution >= 0.6 is 0 Å². The third-order valence-electron chi connectivity index (χ3n) is 4.79. The molecule has 0 radical (unpaired) electrons. The van der Waals surface area contributed by atoms with Crippen LogP contribution in [0.4, 0.5) is 0 Å². The van der Waals surface area contributed by atoms with Gasteiger partial charge in [0, 0.05) is 12.3 Å². The molecule has 1 aliphatic heterocycles. The summed E-state index contributed by atoms with van der Waals surface area (Å²) in [5.41, 5.74) is 1.80. The lowest BCUT2D eigenvalue weighted by atomic mass is 10.2. The molecule has 4 rings (SSSR count). The normalized spacial score (nSPS) is 18.6. The highest BCUT2D eigenvalue weighted by Gasteiger charge is 2.30. The van der Waals surface area contributed by atoms with Crippen molar-refractivity contribution >= 4 is 11.1 Å². The van der Waals surface area contributed by atoms with E-state index in [1.807, 2.05) is 24.3 Å². The van der Waals surface area contributed by atoms with Crippen LogP contribution < -0.4 is 0 Å². The van der Waals surface area contributed by atoms with Gasteiger partial charge in [-0.05, 0) is 44.5 Å². The fraction of sp³-hybridized carbons (Fsp3) is 0.526. The number of oxazole rings is 1. The molecule has 0 unspecified atom stereocenters. The van der Waals surface area contributed by atoms with Crippen molar-refractivity contribution in [2.75, 3.05) is 13.1 Å². The maximum atomic E-state index is 5.80. The first-order valence-corrected chi connectivity index (χ1v) is 9.12. The van der Waals surface area contributed by atoms with Crippen molar-refractivity contribution in [1.29, 1.82) is 0 Å². The summed E-state index contributed by atoms with van der Waals surface area (Å²) in [4.78, 5) is 11.6. The fourth-order valence-corrected chi connectivity index (χ4v) is 3.46. The topological polar surface area (TPSA) is 68.2 Å². The standard InChI is InChI=1S/C19H24N4O2/c1-13(2)19-21-18(22-25-19)15-8-5-11-23(15)12-6-10-17-20-14-7-3-4-9-16(14)24-17/h3-4,7,9,13,15H,5-6,8,10-12H2,1-2H3/t15-/m1/s1. The van der Waals surface area contributed by atoms with Crippen molar-refractivity contribution in [3.8, 4) is 0 Å². The van der Waals surface area contributed by atoms with Gasteiger partial charge in [0.2, 0.25) is 5.89 Å². The Morgan fingerprint density at radius 3 is 2.92 bits per heavy atom. The Morgan fingerprint density at radius 2 is 2.12 bits per heavy atom. The predicted molar refractivity (Wildman–Crippen MR) is 94.3 cm³/mol. The van der Waals surface area contributed by atoms with Crippen LogP contribution in [0.3, 0.4) is 0 Å². The van der Waals surface area contributed by atoms with Gasteiger partial charge in [0.15, 0.2) is 17.3 Å². The van der Waals surface area contributed by atoms with Gasteiger partial charge < -0.3 is 8.94 Å². The van der Waals surface area contributed by atoms with Gasteiger partial charge in [-0.15, -0.1) is 0 Å². The van der Waals surface area contributed by atoms with Crippen molar-refractivity contribution < 1.29 is 8.94 Å². The lowest BCUT2D eigenvalue weighted by molar-refractivity contribution is 0.237. The largest absolute Gasteiger partial charge is 0.441 e. The van der Waals surface area contributed by atoms with E-state index in [-0.39, 0.29) is 12.0 Å². The van der Waals surface area contributed by atoms with Crippen LogP contribution in [0, 0.1) is 0 Å². The van der Waals surface area contributed by atoms with E-state index >= 15 is 0 Å². The third kappa shape index (κ3) is 3.44. The van der Waals surface area contributed by atoms with Crippen molar-refractivity contribution in [2.24, 2.45) is 0 Å². The Hall–Kier alpha value is -2.21. The van der Waals surface area contributed by atoms with Crippen LogP contribution in [0.15, 0.2) is 33.2 Å². The number of hydrogen-bond donors (Lipinski definition) is 0. The highest BCUT2D eigenvalue weighted by Crippen LogP contribution is 2.31. The molecule has 25 heavy (non-hydrogen) atoms. The van der Waals surface area contributed by atoms with Crippen molar-refractivity contribution in [2.45, 2.75) is 51.5 Å². The van der Waals surface area contributed by atoms with Gasteiger partial charge >= 0.3 is 0 Å². The number of nitrogens with zero attached hydrogens (tertiary/aromatic N) is 4. The van der Waals surface area contributed by atoms with E-state index in [2.05, 4.69) is 33.9 Å². The van der Waals surface area contributed by atoms with Gasteiger partial charge in [-0.3, -0.25) is 4.90 Å². The Bertz CT molecular complexity index is 806. The zero-order valence-corrected chi connectivity index (χ0v) is 14.8. The summed E-state index contributed by atoms with van der Waals surface area (Å²) in [6.07, 6.45) is 4.14. The predicted octanol–water partition coefficient (Wildman–Crippen LogP) is 4.10. The lowest BCUT2D eigenvalue weighted by Gasteiger charge is -2.21. The highest BCUT2D eigenvalue weighted by molar-refractivity contribution is 5.72. The van der Waals surface area contributed by atoms with Crippen molar-refractivity contribution in [1.82, 2.24) is 20.0 Å². The number of aromatic nitrogens is 3. The van der Waals surface area contributed by atoms with Crippen LogP contribution in [0.5, 0.6) is 0 Å². The molecule has 6 heteroatoms. The minimum atomic E-state index is 0.273. The third-order valence-corrected chi connectivity index (χ3v) is 4.79. The van der Waals surface area contributed by atoms with Crippen LogP contribution in [0.1, 0.15) is 62.7 Å². The van der Waals surface area contributed by atoms with Gasteiger partial charge in [-0.1, -0.05) is 31.1 Å². The Kier molecular flexibility index (Phi) is 4.53. The van der Waals surface area contributed by atoms with Crippen LogP contribution in [-0.2, 0) is 6.42 Å².